The molecule has 0 saturated carbocycles. The van der Waals surface area contributed by atoms with Gasteiger partial charge in [-0.15, -0.1) is 6.58 Å². The second kappa shape index (κ2) is 29.5. The Morgan fingerprint density at radius 2 is 1.43 bits per heavy atom. The molecule has 0 fully saturated rings. The van der Waals surface area contributed by atoms with E-state index in [0.29, 0.717) is 63.2 Å². The number of hydrogen-bond donors (Lipinski definition) is 8. The largest absolute Gasteiger partial charge is 0.493 e. The zero-order chi connectivity index (χ0) is 49.4. The van der Waals surface area contributed by atoms with Crippen molar-refractivity contribution in [2.75, 3.05) is 46.6 Å². The maximum Gasteiger partial charge on any atom is 0.408 e. The molecule has 0 aliphatic heterocycles. The second-order valence-electron chi connectivity index (χ2n) is 17.4. The fourth-order valence-corrected chi connectivity index (χ4v) is 7.35. The number of carbonyl (C=O) groups is 5. The summed E-state index contributed by atoms with van der Waals surface area (Å²) < 4.78 is 28.6. The number of esters is 1. The molecule has 0 saturated heterocycles. The van der Waals surface area contributed by atoms with Crippen molar-refractivity contribution in [3.8, 4) is 17.2 Å². The summed E-state index contributed by atoms with van der Waals surface area (Å²) in [5.41, 5.74) is 2.80. The van der Waals surface area contributed by atoms with Crippen LogP contribution in [0.15, 0.2) is 43.0 Å². The third-order valence-electron chi connectivity index (χ3n) is 10.9. The van der Waals surface area contributed by atoms with E-state index in [0.717, 1.165) is 60.1 Å². The lowest BCUT2D eigenvalue weighted by molar-refractivity contribution is -0.140. The van der Waals surface area contributed by atoms with Crippen LogP contribution in [0.25, 0.3) is 0 Å². The molecule has 5 unspecified atom stereocenters. The molecule has 0 aromatic heterocycles. The number of aliphatic hydroxyl groups is 5. The average Bonchev–Trinajstić information content (AvgIpc) is 3.29. The van der Waals surface area contributed by atoms with Gasteiger partial charge in [-0.3, -0.25) is 19.2 Å². The molecule has 3 rings (SSSR count). The molecular formula is C49H73N3O15. The highest BCUT2D eigenvalue weighted by Crippen LogP contribution is 2.33. The average molecular weight is 944 g/mol. The van der Waals surface area contributed by atoms with Crippen LogP contribution in [0.1, 0.15) is 118 Å². The van der Waals surface area contributed by atoms with Gasteiger partial charge < -0.3 is 65.2 Å². The first-order chi connectivity index (χ1) is 32.0. The molecule has 0 heterocycles. The van der Waals surface area contributed by atoms with E-state index in [1.54, 1.807) is 26.8 Å². The second-order valence-corrected chi connectivity index (χ2v) is 17.4. The van der Waals surface area contributed by atoms with E-state index in [2.05, 4.69) is 22.5 Å². The monoisotopic (exact) mass is 944 g/mol. The molecule has 8 N–H and O–H groups in total. The Bertz CT molecular complexity index is 1900. The van der Waals surface area contributed by atoms with E-state index in [1.807, 2.05) is 30.3 Å². The molecule has 2 aromatic carbocycles. The SMILES string of the molecule is C=CCc1c(OCCCCCOc2cccc(OCCCC(=O)NCCCCC(NC(=O)OC(C)(C)C)C(=O)NCC(O)C(O)C(O)C(O)CO)c2CCC(=O)OC)ccc2c1CCCC2=O. The van der Waals surface area contributed by atoms with Gasteiger partial charge in [-0.25, -0.2) is 4.79 Å². The number of allylic oxidation sites excluding steroid dienone is 1. The molecule has 1 aliphatic rings. The summed E-state index contributed by atoms with van der Waals surface area (Å²) in [6.45, 7) is 8.94. The number of ketones is 1. The van der Waals surface area contributed by atoms with Crippen molar-refractivity contribution in [3.05, 3.63) is 65.2 Å². The first-order valence-electron chi connectivity index (χ1n) is 23.2. The minimum atomic E-state index is -1.88. The Balaban J connectivity index is 1.43. The summed E-state index contributed by atoms with van der Waals surface area (Å²) in [6.07, 6.45) is 1.18. The van der Waals surface area contributed by atoms with E-state index >= 15 is 0 Å². The Kier molecular flexibility index (Phi) is 24.7. The van der Waals surface area contributed by atoms with Gasteiger partial charge in [-0.1, -0.05) is 12.1 Å². The molecule has 374 valence electrons. The van der Waals surface area contributed by atoms with Crippen molar-refractivity contribution in [3.63, 3.8) is 0 Å². The van der Waals surface area contributed by atoms with Crippen LogP contribution >= 0.6 is 0 Å². The van der Waals surface area contributed by atoms with E-state index in [-0.39, 0.29) is 50.1 Å². The minimum absolute atomic E-state index is 0.121. The Morgan fingerprint density at radius 3 is 2.06 bits per heavy atom. The van der Waals surface area contributed by atoms with Crippen molar-refractivity contribution in [1.29, 1.82) is 0 Å². The number of nitrogens with one attached hydrogen (secondary N) is 3. The van der Waals surface area contributed by atoms with Gasteiger partial charge in [-0.05, 0) is 121 Å². The van der Waals surface area contributed by atoms with Gasteiger partial charge >= 0.3 is 12.1 Å². The standard InChI is InChI=1S/C49H73N3O15/c1-6-15-34-32-16-12-18-37(54)33(32)22-24-42(34)65-28-11-7-10-27-64-40-19-13-20-41(35(40)23-25-44(58)63-5)66-29-14-21-43(57)50-26-9-8-17-36(52-48(62)67-49(2,3)4)47(61)51-30-38(55)45(59)46(60)39(56)31-53/h6,13,19-20,22,24,36,38-39,45-46,53,55-56,59-60H,1,7-12,14-18,21,23,25-31H2,2-5H3,(H,50,57)(H,51,61)(H,52,62). The first kappa shape index (κ1) is 56.1. The lowest BCUT2D eigenvalue weighted by Gasteiger charge is -2.27. The van der Waals surface area contributed by atoms with Crippen LogP contribution < -0.4 is 30.2 Å². The molecule has 0 radical (unpaired) electrons. The number of amides is 3. The van der Waals surface area contributed by atoms with Gasteiger partial charge in [0.25, 0.3) is 0 Å². The van der Waals surface area contributed by atoms with Crippen LogP contribution in [0.2, 0.25) is 0 Å². The summed E-state index contributed by atoms with van der Waals surface area (Å²) in [5, 5.41) is 56.4. The Morgan fingerprint density at radius 1 is 0.791 bits per heavy atom. The summed E-state index contributed by atoms with van der Waals surface area (Å²) in [6, 6.07) is 8.10. The molecule has 0 bridgehead atoms. The number of unbranched alkanes of at least 4 members (excludes halogenated alkanes) is 3. The number of carbonyl (C=O) groups excluding carboxylic acids is 5. The number of Topliss-reactive ketones (excluding diaryl/α,β-unsaturated/α-hetero) is 1. The van der Waals surface area contributed by atoms with Crippen molar-refractivity contribution in [2.24, 2.45) is 0 Å². The molecular weight excluding hydrogens is 871 g/mol. The van der Waals surface area contributed by atoms with Gasteiger partial charge in [0.05, 0.1) is 39.6 Å². The molecule has 1 aliphatic carbocycles. The topological polar surface area (TPSA) is 269 Å². The number of rotatable bonds is 31. The van der Waals surface area contributed by atoms with E-state index < -0.39 is 61.2 Å². The number of hydrogen-bond acceptors (Lipinski definition) is 15. The highest BCUT2D eigenvalue weighted by atomic mass is 16.6. The predicted molar refractivity (Wildman–Crippen MR) is 248 cm³/mol. The maximum atomic E-state index is 13.0. The quantitative estimate of drug-likeness (QED) is 0.0305. The van der Waals surface area contributed by atoms with Gasteiger partial charge in [0.15, 0.2) is 5.78 Å². The lowest BCUT2D eigenvalue weighted by Crippen LogP contribution is -2.53. The highest BCUT2D eigenvalue weighted by Gasteiger charge is 2.31. The molecule has 5 atom stereocenters. The van der Waals surface area contributed by atoms with Crippen LogP contribution in [0.5, 0.6) is 17.2 Å². The maximum absolute atomic E-state index is 13.0. The fraction of sp³-hybridized carbons (Fsp3) is 0.612. The number of aliphatic hydroxyl groups excluding tert-OH is 5. The summed E-state index contributed by atoms with van der Waals surface area (Å²) in [5.74, 6) is 0.831. The Hall–Kier alpha value is -5.27. The van der Waals surface area contributed by atoms with Gasteiger partial charge in [0.1, 0.15) is 47.2 Å². The fourth-order valence-electron chi connectivity index (χ4n) is 7.35. The smallest absolute Gasteiger partial charge is 0.408 e. The number of fused-ring (bicyclic) bond motifs is 1. The van der Waals surface area contributed by atoms with Crippen LogP contribution in [-0.4, -0.2) is 138 Å². The third-order valence-corrected chi connectivity index (χ3v) is 10.9. The van der Waals surface area contributed by atoms with Crippen LogP contribution in [0, 0.1) is 0 Å². The molecule has 18 nitrogen and oxygen atoms in total. The minimum Gasteiger partial charge on any atom is -0.493 e. The molecule has 67 heavy (non-hydrogen) atoms. The van der Waals surface area contributed by atoms with Crippen molar-refractivity contribution in [1.82, 2.24) is 16.0 Å². The van der Waals surface area contributed by atoms with Crippen molar-refractivity contribution in [2.45, 2.75) is 147 Å². The summed E-state index contributed by atoms with van der Waals surface area (Å²) >= 11 is 0. The third kappa shape index (κ3) is 19.8. The number of benzene rings is 2. The summed E-state index contributed by atoms with van der Waals surface area (Å²) in [4.78, 5) is 62.7. The lowest BCUT2D eigenvalue weighted by atomic mass is 9.86. The summed E-state index contributed by atoms with van der Waals surface area (Å²) in [7, 11) is 1.33. The molecule has 0 spiro atoms. The highest BCUT2D eigenvalue weighted by molar-refractivity contribution is 5.99. The predicted octanol–water partition coefficient (Wildman–Crippen LogP) is 3.56. The molecule has 2 aromatic rings. The zero-order valence-corrected chi connectivity index (χ0v) is 39.5. The van der Waals surface area contributed by atoms with Gasteiger partial charge in [-0.2, -0.15) is 0 Å². The van der Waals surface area contributed by atoms with Crippen molar-refractivity contribution < 1.29 is 73.2 Å². The van der Waals surface area contributed by atoms with Gasteiger partial charge in [0, 0.05) is 49.0 Å². The van der Waals surface area contributed by atoms with Gasteiger partial charge in [0.2, 0.25) is 11.8 Å². The van der Waals surface area contributed by atoms with Crippen LogP contribution in [0.3, 0.4) is 0 Å². The van der Waals surface area contributed by atoms with E-state index in [9.17, 15) is 44.4 Å². The van der Waals surface area contributed by atoms with E-state index in [4.69, 9.17) is 28.8 Å². The number of alkyl carbamates (subject to hydrolysis) is 1. The molecule has 3 amide bonds. The number of ether oxygens (including phenoxy) is 5. The number of methoxy groups -OCH3 is 1. The normalized spacial score (nSPS) is 14.6. The van der Waals surface area contributed by atoms with E-state index in [1.165, 1.54) is 7.11 Å². The Labute approximate surface area is 393 Å². The first-order valence-corrected chi connectivity index (χ1v) is 23.2. The zero-order valence-electron chi connectivity index (χ0n) is 39.5. The van der Waals surface area contributed by atoms with Crippen LogP contribution in [-0.2, 0) is 43.1 Å². The van der Waals surface area contributed by atoms with Crippen molar-refractivity contribution >= 4 is 29.7 Å². The van der Waals surface area contributed by atoms with Crippen LogP contribution in [0.4, 0.5) is 4.79 Å². The molecule has 18 heteroatoms.